The molecule has 1 heterocycles. The standard InChI is InChI=1S/C13H14N2O2/c1-17-13(16)8-3-5-11-12(8)9-6-7(14)2-4-10(9)15-11/h2,4,6,8,15H,3,5,14H2,1H3. The maximum absolute atomic E-state index is 11.7. The van der Waals surface area contributed by atoms with Gasteiger partial charge in [0.2, 0.25) is 0 Å². The Morgan fingerprint density at radius 3 is 3.12 bits per heavy atom. The molecule has 0 fully saturated rings. The number of aromatic amines is 1. The predicted octanol–water partition coefficient (Wildman–Crippen LogP) is 1.95. The molecule has 1 aromatic carbocycles. The first-order chi connectivity index (χ1) is 8.20. The van der Waals surface area contributed by atoms with Crippen LogP contribution in [0.4, 0.5) is 5.69 Å². The summed E-state index contributed by atoms with van der Waals surface area (Å²) in [5.74, 6) is -0.308. The molecule has 4 heteroatoms. The molecule has 0 radical (unpaired) electrons. The molecule has 0 bridgehead atoms. The van der Waals surface area contributed by atoms with Gasteiger partial charge in [-0.05, 0) is 36.6 Å². The number of ether oxygens (including phenoxy) is 1. The average molecular weight is 230 g/mol. The van der Waals surface area contributed by atoms with Crippen molar-refractivity contribution < 1.29 is 9.53 Å². The van der Waals surface area contributed by atoms with Crippen LogP contribution in [0.25, 0.3) is 10.9 Å². The van der Waals surface area contributed by atoms with E-state index in [-0.39, 0.29) is 11.9 Å². The number of esters is 1. The van der Waals surface area contributed by atoms with Crippen LogP contribution in [0, 0.1) is 0 Å². The zero-order valence-corrected chi connectivity index (χ0v) is 9.62. The molecule has 0 saturated carbocycles. The van der Waals surface area contributed by atoms with Crippen molar-refractivity contribution in [3.05, 3.63) is 29.5 Å². The van der Waals surface area contributed by atoms with Gasteiger partial charge in [-0.25, -0.2) is 0 Å². The number of carbonyl (C=O) groups is 1. The van der Waals surface area contributed by atoms with E-state index in [0.717, 1.165) is 40.7 Å². The van der Waals surface area contributed by atoms with Crippen molar-refractivity contribution in [3.8, 4) is 0 Å². The first kappa shape index (κ1) is 10.2. The van der Waals surface area contributed by atoms with Crippen LogP contribution in [0.3, 0.4) is 0 Å². The molecule has 3 N–H and O–H groups in total. The highest BCUT2D eigenvalue weighted by atomic mass is 16.5. The van der Waals surface area contributed by atoms with Crippen LogP contribution in [-0.2, 0) is 16.0 Å². The largest absolute Gasteiger partial charge is 0.469 e. The van der Waals surface area contributed by atoms with Gasteiger partial charge in [0, 0.05) is 22.3 Å². The first-order valence-corrected chi connectivity index (χ1v) is 5.68. The van der Waals surface area contributed by atoms with Crippen molar-refractivity contribution >= 4 is 22.6 Å². The second-order valence-electron chi connectivity index (χ2n) is 4.44. The number of H-pyrrole nitrogens is 1. The Morgan fingerprint density at radius 2 is 2.35 bits per heavy atom. The Hall–Kier alpha value is -1.97. The molecule has 88 valence electrons. The molecular formula is C13H14N2O2. The Balaban J connectivity index is 2.21. The van der Waals surface area contributed by atoms with E-state index in [0.29, 0.717) is 0 Å². The van der Waals surface area contributed by atoms with Crippen LogP contribution in [0.2, 0.25) is 0 Å². The van der Waals surface area contributed by atoms with Gasteiger partial charge in [-0.15, -0.1) is 0 Å². The molecule has 0 spiro atoms. The maximum Gasteiger partial charge on any atom is 0.313 e. The van der Waals surface area contributed by atoms with Crippen molar-refractivity contribution in [1.29, 1.82) is 0 Å². The highest BCUT2D eigenvalue weighted by molar-refractivity contribution is 5.93. The van der Waals surface area contributed by atoms with Crippen LogP contribution in [0.5, 0.6) is 0 Å². The SMILES string of the molecule is COC(=O)C1CCc2[nH]c3ccc(N)cc3c21. The molecule has 1 unspecified atom stereocenters. The van der Waals surface area contributed by atoms with E-state index >= 15 is 0 Å². The van der Waals surface area contributed by atoms with Crippen LogP contribution < -0.4 is 5.73 Å². The quantitative estimate of drug-likeness (QED) is 0.581. The molecule has 1 aliphatic rings. The van der Waals surface area contributed by atoms with E-state index in [4.69, 9.17) is 10.5 Å². The number of nitrogen functional groups attached to an aromatic ring is 1. The van der Waals surface area contributed by atoms with E-state index in [2.05, 4.69) is 4.98 Å². The highest BCUT2D eigenvalue weighted by Gasteiger charge is 2.32. The number of anilines is 1. The maximum atomic E-state index is 11.7. The summed E-state index contributed by atoms with van der Waals surface area (Å²) in [7, 11) is 1.43. The zero-order valence-electron chi connectivity index (χ0n) is 9.62. The van der Waals surface area contributed by atoms with Crippen molar-refractivity contribution in [2.75, 3.05) is 12.8 Å². The lowest BCUT2D eigenvalue weighted by Crippen LogP contribution is -2.11. The van der Waals surface area contributed by atoms with E-state index in [1.165, 1.54) is 7.11 Å². The molecular weight excluding hydrogens is 216 g/mol. The van der Waals surface area contributed by atoms with Crippen LogP contribution in [0.15, 0.2) is 18.2 Å². The van der Waals surface area contributed by atoms with Crippen molar-refractivity contribution in [2.45, 2.75) is 18.8 Å². The average Bonchev–Trinajstić information content (AvgIpc) is 2.87. The summed E-state index contributed by atoms with van der Waals surface area (Å²) in [6.07, 6.45) is 1.71. The number of carbonyl (C=O) groups excluding carboxylic acids is 1. The number of nitrogens with one attached hydrogen (secondary N) is 1. The summed E-state index contributed by atoms with van der Waals surface area (Å²) in [4.78, 5) is 15.1. The minimum Gasteiger partial charge on any atom is -0.469 e. The zero-order chi connectivity index (χ0) is 12.0. The summed E-state index contributed by atoms with van der Waals surface area (Å²) in [5.41, 5.74) is 9.77. The normalized spacial score (nSPS) is 18.3. The molecule has 0 amide bonds. The topological polar surface area (TPSA) is 68.1 Å². The molecule has 1 aromatic heterocycles. The summed E-state index contributed by atoms with van der Waals surface area (Å²) < 4.78 is 4.86. The van der Waals surface area contributed by atoms with Crippen molar-refractivity contribution in [1.82, 2.24) is 4.98 Å². The molecule has 3 rings (SSSR count). The number of aryl methyl sites for hydroxylation is 1. The van der Waals surface area contributed by atoms with Gasteiger partial charge in [-0.1, -0.05) is 0 Å². The van der Waals surface area contributed by atoms with E-state index in [9.17, 15) is 4.79 Å². The Labute approximate surface area is 98.8 Å². The van der Waals surface area contributed by atoms with Gasteiger partial charge in [0.1, 0.15) is 0 Å². The fraction of sp³-hybridized carbons (Fsp3) is 0.308. The van der Waals surface area contributed by atoms with E-state index < -0.39 is 0 Å². The van der Waals surface area contributed by atoms with Crippen molar-refractivity contribution in [2.24, 2.45) is 0 Å². The van der Waals surface area contributed by atoms with Gasteiger partial charge in [0.05, 0.1) is 13.0 Å². The number of nitrogens with two attached hydrogens (primary N) is 1. The number of fused-ring (bicyclic) bond motifs is 3. The Bertz CT molecular complexity index is 601. The van der Waals surface area contributed by atoms with Gasteiger partial charge >= 0.3 is 5.97 Å². The minimum absolute atomic E-state index is 0.148. The number of rotatable bonds is 1. The summed E-state index contributed by atoms with van der Waals surface area (Å²) in [5, 5.41) is 1.05. The lowest BCUT2D eigenvalue weighted by molar-refractivity contribution is -0.142. The summed E-state index contributed by atoms with van der Waals surface area (Å²) in [6.45, 7) is 0. The third kappa shape index (κ3) is 1.40. The van der Waals surface area contributed by atoms with Gasteiger partial charge in [-0.2, -0.15) is 0 Å². The lowest BCUT2D eigenvalue weighted by Gasteiger charge is -2.08. The molecule has 17 heavy (non-hydrogen) atoms. The highest BCUT2D eigenvalue weighted by Crippen LogP contribution is 2.39. The fourth-order valence-corrected chi connectivity index (χ4v) is 2.69. The van der Waals surface area contributed by atoms with Crippen LogP contribution >= 0.6 is 0 Å². The van der Waals surface area contributed by atoms with Gasteiger partial charge < -0.3 is 15.5 Å². The van der Waals surface area contributed by atoms with E-state index in [1.54, 1.807) is 0 Å². The number of aromatic nitrogens is 1. The predicted molar refractivity (Wildman–Crippen MR) is 65.8 cm³/mol. The summed E-state index contributed by atoms with van der Waals surface area (Å²) in [6, 6.07) is 5.74. The third-order valence-electron chi connectivity index (χ3n) is 3.46. The van der Waals surface area contributed by atoms with Crippen molar-refractivity contribution in [3.63, 3.8) is 0 Å². The summed E-state index contributed by atoms with van der Waals surface area (Å²) >= 11 is 0. The van der Waals surface area contributed by atoms with Crippen LogP contribution in [0.1, 0.15) is 23.6 Å². The first-order valence-electron chi connectivity index (χ1n) is 5.68. The number of benzene rings is 1. The second-order valence-corrected chi connectivity index (χ2v) is 4.44. The molecule has 1 aliphatic carbocycles. The monoisotopic (exact) mass is 230 g/mol. The van der Waals surface area contributed by atoms with Gasteiger partial charge in [0.15, 0.2) is 0 Å². The van der Waals surface area contributed by atoms with Crippen LogP contribution in [-0.4, -0.2) is 18.1 Å². The number of hydrogen-bond acceptors (Lipinski definition) is 3. The minimum atomic E-state index is -0.160. The lowest BCUT2D eigenvalue weighted by atomic mass is 10.00. The molecule has 0 aliphatic heterocycles. The molecule has 2 aromatic rings. The second kappa shape index (κ2) is 3.52. The van der Waals surface area contributed by atoms with Gasteiger partial charge in [-0.3, -0.25) is 4.79 Å². The Morgan fingerprint density at radius 1 is 1.53 bits per heavy atom. The molecule has 0 saturated heterocycles. The molecule has 4 nitrogen and oxygen atoms in total. The van der Waals surface area contributed by atoms with Gasteiger partial charge in [0.25, 0.3) is 0 Å². The Kier molecular flexibility index (Phi) is 2.11. The number of hydrogen-bond donors (Lipinski definition) is 2. The molecule has 1 atom stereocenters. The smallest absolute Gasteiger partial charge is 0.313 e. The number of methoxy groups -OCH3 is 1. The van der Waals surface area contributed by atoms with E-state index in [1.807, 2.05) is 18.2 Å². The third-order valence-corrected chi connectivity index (χ3v) is 3.46. The fourth-order valence-electron chi connectivity index (χ4n) is 2.69.